The summed E-state index contributed by atoms with van der Waals surface area (Å²) in [6.07, 6.45) is 6.17. The molecule has 4 heterocycles. The number of ether oxygens (including phenoxy) is 1. The largest absolute Gasteiger partial charge is 0.493 e. The molecule has 0 amide bonds. The van der Waals surface area contributed by atoms with Gasteiger partial charge in [0.05, 0.1) is 7.11 Å². The highest BCUT2D eigenvalue weighted by atomic mass is 35.5. The summed E-state index contributed by atoms with van der Waals surface area (Å²) in [7, 11) is 1.57. The third-order valence-corrected chi connectivity index (χ3v) is 5.37. The average Bonchev–Trinajstić information content (AvgIpc) is 3.41. The topological polar surface area (TPSA) is 73.9 Å². The molecule has 164 valence electrons. The first kappa shape index (κ1) is 20.4. The van der Waals surface area contributed by atoms with Gasteiger partial charge in [-0.05, 0) is 30.2 Å². The van der Waals surface area contributed by atoms with E-state index in [0.717, 1.165) is 18.1 Å². The lowest BCUT2D eigenvalue weighted by Gasteiger charge is -2.27. The van der Waals surface area contributed by atoms with Crippen molar-refractivity contribution in [3.8, 4) is 11.6 Å². The molecule has 32 heavy (non-hydrogen) atoms. The maximum atomic E-state index is 13.8. The normalized spacial score (nSPS) is 13.3. The van der Waals surface area contributed by atoms with E-state index in [9.17, 15) is 8.78 Å². The number of hydrogen-bond donors (Lipinski definition) is 0. The van der Waals surface area contributed by atoms with Gasteiger partial charge in [0, 0.05) is 43.7 Å². The van der Waals surface area contributed by atoms with Crippen molar-refractivity contribution in [3.05, 3.63) is 71.2 Å². The van der Waals surface area contributed by atoms with Crippen LogP contribution in [0.3, 0.4) is 0 Å². The molecule has 1 aliphatic heterocycles. The Kier molecular flexibility index (Phi) is 5.22. The highest BCUT2D eigenvalue weighted by molar-refractivity contribution is 6.29. The molecule has 5 rings (SSSR count). The van der Waals surface area contributed by atoms with E-state index in [-0.39, 0.29) is 0 Å². The van der Waals surface area contributed by atoms with Crippen LogP contribution in [0.15, 0.2) is 43.0 Å². The summed E-state index contributed by atoms with van der Waals surface area (Å²) >= 11 is 5.90. The van der Waals surface area contributed by atoms with Crippen LogP contribution in [0, 0.1) is 11.6 Å². The smallest absolute Gasteiger partial charge is 0.228 e. The van der Waals surface area contributed by atoms with Crippen LogP contribution in [-0.4, -0.2) is 43.0 Å². The van der Waals surface area contributed by atoms with Crippen LogP contribution in [0.5, 0.6) is 5.75 Å². The molecule has 0 saturated carbocycles. The van der Waals surface area contributed by atoms with Gasteiger partial charge >= 0.3 is 0 Å². The third-order valence-electron chi connectivity index (χ3n) is 5.17. The second-order valence-electron chi connectivity index (χ2n) is 7.30. The molecule has 11 heteroatoms. The third kappa shape index (κ3) is 3.77. The lowest BCUT2D eigenvalue weighted by atomic mass is 10.2. The van der Waals surface area contributed by atoms with Crippen molar-refractivity contribution in [2.45, 2.75) is 19.4 Å². The molecule has 0 spiro atoms. The van der Waals surface area contributed by atoms with Crippen molar-refractivity contribution in [3.63, 3.8) is 0 Å². The zero-order valence-corrected chi connectivity index (χ0v) is 17.8. The Hall–Kier alpha value is -3.53. The number of imidazole rings is 1. The first-order valence-electron chi connectivity index (χ1n) is 9.91. The predicted molar refractivity (Wildman–Crippen MR) is 114 cm³/mol. The van der Waals surface area contributed by atoms with Crippen LogP contribution < -0.4 is 9.64 Å². The average molecular weight is 458 g/mol. The van der Waals surface area contributed by atoms with Gasteiger partial charge in [-0.2, -0.15) is 10.1 Å². The number of hydrogen-bond acceptors (Lipinski definition) is 6. The van der Waals surface area contributed by atoms with Crippen molar-refractivity contribution in [1.29, 1.82) is 0 Å². The molecule has 0 N–H and O–H groups in total. The van der Waals surface area contributed by atoms with E-state index in [1.807, 2.05) is 11.0 Å². The maximum absolute atomic E-state index is 13.8. The van der Waals surface area contributed by atoms with Crippen LogP contribution >= 0.6 is 11.6 Å². The Balaban J connectivity index is 1.42. The van der Waals surface area contributed by atoms with Gasteiger partial charge in [0.2, 0.25) is 5.95 Å². The van der Waals surface area contributed by atoms with Gasteiger partial charge in [0.25, 0.3) is 0 Å². The van der Waals surface area contributed by atoms with Crippen molar-refractivity contribution >= 4 is 23.2 Å². The number of fused-ring (bicyclic) bond motifs is 1. The molecule has 0 radical (unpaired) electrons. The van der Waals surface area contributed by atoms with Gasteiger partial charge in [-0.1, -0.05) is 11.6 Å². The number of pyridine rings is 1. The Bertz CT molecular complexity index is 1290. The predicted octanol–water partition coefficient (Wildman–Crippen LogP) is 3.93. The number of aryl methyl sites for hydroxylation is 1. The SMILES string of the molecule is COc1cc(Cc2nc3n(n2)CCCN3c2ccc(F)c(F)c2)cnc1-n1cnc(Cl)c1. The molecule has 0 saturated heterocycles. The summed E-state index contributed by atoms with van der Waals surface area (Å²) in [4.78, 5) is 15.0. The van der Waals surface area contributed by atoms with Gasteiger partial charge in [-0.15, -0.1) is 0 Å². The molecular weight excluding hydrogens is 440 g/mol. The standard InChI is InChI=1S/C21H18ClF2N7O/c1-32-17-7-13(10-25-20(17)29-11-18(22)26-12-29)8-19-27-21-30(5-2-6-31(21)28-19)14-3-4-15(23)16(24)9-14/h3-4,7,9-12H,2,5-6,8H2,1H3. The van der Waals surface area contributed by atoms with E-state index in [1.54, 1.807) is 35.1 Å². The summed E-state index contributed by atoms with van der Waals surface area (Å²) in [5.74, 6) is 0.549. The molecule has 8 nitrogen and oxygen atoms in total. The lowest BCUT2D eigenvalue weighted by Crippen LogP contribution is -2.28. The number of halogens is 3. The van der Waals surface area contributed by atoms with E-state index in [4.69, 9.17) is 16.3 Å². The summed E-state index contributed by atoms with van der Waals surface area (Å²) < 4.78 is 36.1. The number of nitrogens with zero attached hydrogens (tertiary/aromatic N) is 7. The highest BCUT2D eigenvalue weighted by Crippen LogP contribution is 2.30. The minimum Gasteiger partial charge on any atom is -0.493 e. The Morgan fingerprint density at radius 3 is 2.75 bits per heavy atom. The summed E-state index contributed by atoms with van der Waals surface area (Å²) in [5, 5.41) is 4.95. The molecule has 0 bridgehead atoms. The van der Waals surface area contributed by atoms with Gasteiger partial charge < -0.3 is 9.64 Å². The zero-order valence-electron chi connectivity index (χ0n) is 17.0. The molecule has 1 aromatic carbocycles. The number of benzene rings is 1. The Morgan fingerprint density at radius 1 is 1.12 bits per heavy atom. The van der Waals surface area contributed by atoms with Gasteiger partial charge in [0.15, 0.2) is 29.0 Å². The number of rotatable bonds is 5. The second-order valence-corrected chi connectivity index (χ2v) is 7.69. The molecular formula is C21H18ClF2N7O. The fourth-order valence-electron chi connectivity index (χ4n) is 3.70. The first-order chi connectivity index (χ1) is 15.5. The molecule has 4 aromatic rings. The summed E-state index contributed by atoms with van der Waals surface area (Å²) in [6, 6.07) is 5.70. The molecule has 0 aliphatic carbocycles. The maximum Gasteiger partial charge on any atom is 0.228 e. The van der Waals surface area contributed by atoms with Crippen LogP contribution in [0.25, 0.3) is 5.82 Å². The number of methoxy groups -OCH3 is 1. The van der Waals surface area contributed by atoms with Crippen molar-refractivity contribution in [1.82, 2.24) is 29.3 Å². The van der Waals surface area contributed by atoms with Gasteiger partial charge in [0.1, 0.15) is 11.5 Å². The minimum absolute atomic E-state index is 0.358. The van der Waals surface area contributed by atoms with Crippen LogP contribution in [-0.2, 0) is 13.0 Å². The zero-order chi connectivity index (χ0) is 22.2. The van der Waals surface area contributed by atoms with Crippen molar-refractivity contribution in [2.24, 2.45) is 0 Å². The van der Waals surface area contributed by atoms with Crippen LogP contribution in [0.4, 0.5) is 20.4 Å². The minimum atomic E-state index is -0.892. The first-order valence-corrected chi connectivity index (χ1v) is 10.3. The van der Waals surface area contributed by atoms with Crippen LogP contribution in [0.1, 0.15) is 17.8 Å². The van der Waals surface area contributed by atoms with Crippen molar-refractivity contribution < 1.29 is 13.5 Å². The molecule has 0 unspecified atom stereocenters. The Morgan fingerprint density at radius 2 is 2.00 bits per heavy atom. The fourth-order valence-corrected chi connectivity index (χ4v) is 3.84. The Labute approximate surface area is 187 Å². The number of anilines is 2. The van der Waals surface area contributed by atoms with E-state index < -0.39 is 11.6 Å². The quantitative estimate of drug-likeness (QED) is 0.452. The van der Waals surface area contributed by atoms with E-state index in [0.29, 0.717) is 53.7 Å². The summed E-state index contributed by atoms with van der Waals surface area (Å²) in [6.45, 7) is 1.34. The van der Waals surface area contributed by atoms with Gasteiger partial charge in [-0.3, -0.25) is 4.57 Å². The lowest BCUT2D eigenvalue weighted by molar-refractivity contribution is 0.410. The van der Waals surface area contributed by atoms with Gasteiger partial charge in [-0.25, -0.2) is 23.4 Å². The van der Waals surface area contributed by atoms with Crippen LogP contribution in [0.2, 0.25) is 5.15 Å². The molecule has 0 atom stereocenters. The monoisotopic (exact) mass is 457 g/mol. The van der Waals surface area contributed by atoms with E-state index >= 15 is 0 Å². The molecule has 0 fully saturated rings. The summed E-state index contributed by atoms with van der Waals surface area (Å²) in [5.41, 5.74) is 1.40. The second kappa shape index (κ2) is 8.19. The molecule has 1 aliphatic rings. The molecule has 3 aromatic heterocycles. The van der Waals surface area contributed by atoms with E-state index in [2.05, 4.69) is 20.1 Å². The highest BCUT2D eigenvalue weighted by Gasteiger charge is 2.23. The van der Waals surface area contributed by atoms with E-state index in [1.165, 1.54) is 12.1 Å². The fraction of sp³-hybridized carbons (Fsp3) is 0.238. The van der Waals surface area contributed by atoms with Crippen molar-refractivity contribution in [2.75, 3.05) is 18.6 Å². The number of aromatic nitrogens is 6.